The lowest BCUT2D eigenvalue weighted by Crippen LogP contribution is -2.46. The molecular weight excluding hydrogens is 403 g/mol. The van der Waals surface area contributed by atoms with Gasteiger partial charge in [-0.15, -0.1) is 12.4 Å². The average Bonchev–Trinajstić information content (AvgIpc) is 2.59. The maximum Gasteiger partial charge on any atom is 0.416 e. The van der Waals surface area contributed by atoms with E-state index in [4.69, 9.17) is 15.2 Å². The number of benzene rings is 1. The zero-order valence-corrected chi connectivity index (χ0v) is 16.6. The molecule has 0 unspecified atom stereocenters. The SMILES string of the molecule is COCCOc1ccc(C(F)(F)F)cc1NC(=O)CNC(=O)[C@@H](N)C(C)C.Cl. The fraction of sp³-hybridized carbons (Fsp3) is 0.529. The van der Waals surface area contributed by atoms with Gasteiger partial charge in [0.05, 0.1) is 30.4 Å². The minimum Gasteiger partial charge on any atom is -0.489 e. The first-order valence-corrected chi connectivity index (χ1v) is 8.22. The largest absolute Gasteiger partial charge is 0.489 e. The van der Waals surface area contributed by atoms with Crippen molar-refractivity contribution in [3.05, 3.63) is 23.8 Å². The summed E-state index contributed by atoms with van der Waals surface area (Å²) in [4.78, 5) is 23.8. The van der Waals surface area contributed by atoms with Crippen molar-refractivity contribution in [2.45, 2.75) is 26.1 Å². The van der Waals surface area contributed by atoms with E-state index in [0.29, 0.717) is 0 Å². The van der Waals surface area contributed by atoms with Crippen LogP contribution in [0.2, 0.25) is 0 Å². The highest BCUT2D eigenvalue weighted by Gasteiger charge is 2.31. The number of carbonyl (C=O) groups is 2. The molecule has 0 spiro atoms. The Hall–Kier alpha value is -2.04. The summed E-state index contributed by atoms with van der Waals surface area (Å²) in [6.45, 7) is 3.36. The molecule has 1 aromatic carbocycles. The van der Waals surface area contributed by atoms with E-state index in [1.54, 1.807) is 13.8 Å². The third-order valence-electron chi connectivity index (χ3n) is 3.57. The van der Waals surface area contributed by atoms with E-state index in [1.165, 1.54) is 7.11 Å². The number of nitrogens with two attached hydrogens (primary N) is 1. The van der Waals surface area contributed by atoms with Crippen molar-refractivity contribution in [2.75, 3.05) is 32.2 Å². The molecule has 0 aliphatic carbocycles. The van der Waals surface area contributed by atoms with Crippen molar-refractivity contribution in [1.82, 2.24) is 5.32 Å². The number of hydrogen-bond donors (Lipinski definition) is 3. The van der Waals surface area contributed by atoms with Gasteiger partial charge in [-0.2, -0.15) is 13.2 Å². The number of hydrogen-bond acceptors (Lipinski definition) is 5. The predicted octanol–water partition coefficient (Wildman–Crippen LogP) is 2.19. The maximum absolute atomic E-state index is 12.9. The van der Waals surface area contributed by atoms with Gasteiger partial charge in [-0.25, -0.2) is 0 Å². The summed E-state index contributed by atoms with van der Waals surface area (Å²) in [5.74, 6) is -1.31. The molecule has 0 aliphatic rings. The fourth-order valence-electron chi connectivity index (χ4n) is 1.95. The molecule has 2 amide bonds. The van der Waals surface area contributed by atoms with E-state index < -0.39 is 36.1 Å². The normalized spacial score (nSPS) is 12.1. The smallest absolute Gasteiger partial charge is 0.416 e. The van der Waals surface area contributed by atoms with Gasteiger partial charge in [0.1, 0.15) is 12.4 Å². The van der Waals surface area contributed by atoms with Crippen LogP contribution in [0.15, 0.2) is 18.2 Å². The van der Waals surface area contributed by atoms with E-state index >= 15 is 0 Å². The van der Waals surface area contributed by atoms with Crippen LogP contribution >= 0.6 is 12.4 Å². The van der Waals surface area contributed by atoms with Gasteiger partial charge in [0.25, 0.3) is 0 Å². The lowest BCUT2D eigenvalue weighted by molar-refractivity contribution is -0.137. The Labute approximate surface area is 167 Å². The van der Waals surface area contributed by atoms with Gasteiger partial charge < -0.3 is 25.8 Å². The summed E-state index contributed by atoms with van der Waals surface area (Å²) in [6, 6.07) is 1.93. The first-order valence-electron chi connectivity index (χ1n) is 8.22. The highest BCUT2D eigenvalue weighted by molar-refractivity contribution is 5.96. The van der Waals surface area contributed by atoms with Crippen LogP contribution in [0.25, 0.3) is 0 Å². The van der Waals surface area contributed by atoms with Crippen LogP contribution in [0.1, 0.15) is 19.4 Å². The number of ether oxygens (including phenoxy) is 2. The molecule has 0 fully saturated rings. The maximum atomic E-state index is 12.9. The number of methoxy groups -OCH3 is 1. The third-order valence-corrected chi connectivity index (χ3v) is 3.57. The first-order chi connectivity index (χ1) is 12.6. The Kier molecular flexibility index (Phi) is 10.9. The number of carbonyl (C=O) groups excluding carboxylic acids is 2. The van der Waals surface area contributed by atoms with Crippen molar-refractivity contribution >= 4 is 29.9 Å². The number of alkyl halides is 3. The molecule has 1 aromatic rings. The third kappa shape index (κ3) is 8.32. The van der Waals surface area contributed by atoms with Crippen LogP contribution in [-0.2, 0) is 20.5 Å². The van der Waals surface area contributed by atoms with Gasteiger partial charge in [-0.05, 0) is 24.1 Å². The molecular formula is C17H25ClF3N3O4. The van der Waals surface area contributed by atoms with Crippen molar-refractivity contribution in [2.24, 2.45) is 11.7 Å². The summed E-state index contributed by atoms with van der Waals surface area (Å²) in [5, 5.41) is 4.65. The second-order valence-electron chi connectivity index (χ2n) is 6.09. The van der Waals surface area contributed by atoms with Gasteiger partial charge >= 0.3 is 6.18 Å². The minimum absolute atomic E-state index is 0. The second kappa shape index (κ2) is 11.7. The van der Waals surface area contributed by atoms with Crippen molar-refractivity contribution in [1.29, 1.82) is 0 Å². The molecule has 1 rings (SSSR count). The lowest BCUT2D eigenvalue weighted by atomic mass is 10.1. The van der Waals surface area contributed by atoms with Gasteiger partial charge in [0.15, 0.2) is 0 Å². The summed E-state index contributed by atoms with van der Waals surface area (Å²) in [5.41, 5.74) is 4.56. The molecule has 11 heteroatoms. The molecule has 0 saturated carbocycles. The molecule has 0 radical (unpaired) electrons. The second-order valence-corrected chi connectivity index (χ2v) is 6.09. The molecule has 7 nitrogen and oxygen atoms in total. The number of rotatable bonds is 9. The van der Waals surface area contributed by atoms with Crippen LogP contribution in [0.4, 0.5) is 18.9 Å². The van der Waals surface area contributed by atoms with Crippen molar-refractivity contribution in [3.8, 4) is 5.75 Å². The Bertz CT molecular complexity index is 657. The average molecular weight is 428 g/mol. The summed E-state index contributed by atoms with van der Waals surface area (Å²) < 4.78 is 48.9. The van der Waals surface area contributed by atoms with E-state index in [1.807, 2.05) is 0 Å². The van der Waals surface area contributed by atoms with Crippen molar-refractivity contribution in [3.63, 3.8) is 0 Å². The van der Waals surface area contributed by atoms with Gasteiger partial charge in [-0.1, -0.05) is 13.8 Å². The van der Waals surface area contributed by atoms with Crippen LogP contribution in [0, 0.1) is 5.92 Å². The standard InChI is InChI=1S/C17H24F3N3O4.ClH/c1-10(2)15(21)16(25)22-9-14(24)23-12-8-11(17(18,19)20)4-5-13(12)27-7-6-26-3;/h4-5,8,10,15H,6-7,9,21H2,1-3H3,(H,22,25)(H,23,24);1H/t15-;/m0./s1. The molecule has 28 heavy (non-hydrogen) atoms. The molecule has 0 heterocycles. The van der Waals surface area contributed by atoms with Crippen LogP contribution < -0.4 is 21.1 Å². The summed E-state index contributed by atoms with van der Waals surface area (Å²) in [7, 11) is 1.45. The van der Waals surface area contributed by atoms with Gasteiger partial charge in [-0.3, -0.25) is 9.59 Å². The molecule has 0 aliphatic heterocycles. The Morgan fingerprint density at radius 2 is 1.86 bits per heavy atom. The molecule has 0 bridgehead atoms. The van der Waals surface area contributed by atoms with Crippen LogP contribution in [-0.4, -0.2) is 44.7 Å². The highest BCUT2D eigenvalue weighted by Crippen LogP contribution is 2.35. The summed E-state index contributed by atoms with van der Waals surface area (Å²) in [6.07, 6.45) is -4.58. The van der Waals surface area contributed by atoms with Crippen molar-refractivity contribution < 1.29 is 32.2 Å². The monoisotopic (exact) mass is 427 g/mol. The number of halogens is 4. The van der Waals surface area contributed by atoms with Gasteiger partial charge in [0, 0.05) is 7.11 Å². The summed E-state index contributed by atoms with van der Waals surface area (Å²) >= 11 is 0. The predicted molar refractivity (Wildman–Crippen MR) is 101 cm³/mol. The molecule has 4 N–H and O–H groups in total. The quantitative estimate of drug-likeness (QED) is 0.524. The highest BCUT2D eigenvalue weighted by atomic mass is 35.5. The molecule has 160 valence electrons. The lowest BCUT2D eigenvalue weighted by Gasteiger charge is -2.17. The van der Waals surface area contributed by atoms with Crippen LogP contribution in [0.3, 0.4) is 0 Å². The molecule has 0 saturated heterocycles. The van der Waals surface area contributed by atoms with E-state index in [2.05, 4.69) is 10.6 Å². The minimum atomic E-state index is -4.58. The Balaban J connectivity index is 0.00000729. The fourth-order valence-corrected chi connectivity index (χ4v) is 1.95. The number of nitrogens with one attached hydrogen (secondary N) is 2. The van der Waals surface area contributed by atoms with Crippen LogP contribution in [0.5, 0.6) is 5.75 Å². The van der Waals surface area contributed by atoms with E-state index in [9.17, 15) is 22.8 Å². The van der Waals surface area contributed by atoms with E-state index in [0.717, 1.165) is 18.2 Å². The molecule has 1 atom stereocenters. The zero-order valence-electron chi connectivity index (χ0n) is 15.8. The van der Waals surface area contributed by atoms with E-state index in [-0.39, 0.29) is 43.0 Å². The molecule has 0 aromatic heterocycles. The Morgan fingerprint density at radius 1 is 1.21 bits per heavy atom. The number of anilines is 1. The number of amides is 2. The zero-order chi connectivity index (χ0) is 20.6. The topological polar surface area (TPSA) is 103 Å². The first kappa shape index (κ1) is 26.0. The Morgan fingerprint density at radius 3 is 2.39 bits per heavy atom. The van der Waals surface area contributed by atoms with Gasteiger partial charge in [0.2, 0.25) is 11.8 Å².